The van der Waals surface area contributed by atoms with Crippen LogP contribution >= 0.6 is 24.0 Å². The molecule has 0 unspecified atom stereocenters. The summed E-state index contributed by atoms with van der Waals surface area (Å²) in [6.45, 7) is 4.48. The Labute approximate surface area is 159 Å². The molecular weight excluding hydrogens is 431 g/mol. The van der Waals surface area contributed by atoms with Gasteiger partial charge in [0.25, 0.3) is 0 Å². The maximum Gasteiger partial charge on any atom is 0.387 e. The lowest BCUT2D eigenvalue weighted by atomic mass is 10.1. The number of methoxy groups -OCH3 is 1. The van der Waals surface area contributed by atoms with Gasteiger partial charge in [-0.3, -0.25) is 4.99 Å². The number of guanidine groups is 1. The molecule has 0 saturated heterocycles. The molecule has 138 valence electrons. The van der Waals surface area contributed by atoms with Gasteiger partial charge in [-0.25, -0.2) is 0 Å². The normalized spacial score (nSPS) is 11.2. The van der Waals surface area contributed by atoms with E-state index < -0.39 is 6.61 Å². The molecule has 5 nitrogen and oxygen atoms in total. The highest BCUT2D eigenvalue weighted by atomic mass is 127. The van der Waals surface area contributed by atoms with Crippen LogP contribution in [0.15, 0.2) is 23.2 Å². The highest BCUT2D eigenvalue weighted by Gasteiger charge is 2.11. The number of rotatable bonds is 8. The molecule has 0 aliphatic carbocycles. The summed E-state index contributed by atoms with van der Waals surface area (Å²) >= 11 is 0. The van der Waals surface area contributed by atoms with E-state index in [4.69, 9.17) is 4.74 Å². The Hall–Kier alpha value is -1.32. The first-order chi connectivity index (χ1) is 11.0. The SMILES string of the molecule is CCNC(=NCCc1ccc(OC)c(OC(F)F)c1)NC(C)C.I. The lowest BCUT2D eigenvalue weighted by Gasteiger charge is -2.14. The van der Waals surface area contributed by atoms with Gasteiger partial charge < -0.3 is 20.1 Å². The average molecular weight is 457 g/mol. The average Bonchev–Trinajstić information content (AvgIpc) is 2.46. The number of nitrogens with zero attached hydrogens (tertiary/aromatic N) is 1. The molecule has 0 aliphatic heterocycles. The van der Waals surface area contributed by atoms with Crippen LogP contribution in [0.2, 0.25) is 0 Å². The Bertz CT molecular complexity index is 514. The number of nitrogens with one attached hydrogen (secondary N) is 2. The van der Waals surface area contributed by atoms with Gasteiger partial charge in [-0.05, 0) is 44.9 Å². The summed E-state index contributed by atoms with van der Waals surface area (Å²) in [6, 6.07) is 5.27. The molecule has 0 aliphatic rings. The van der Waals surface area contributed by atoms with Gasteiger partial charge in [-0.2, -0.15) is 8.78 Å². The zero-order chi connectivity index (χ0) is 17.2. The van der Waals surface area contributed by atoms with E-state index in [1.807, 2.05) is 26.8 Å². The zero-order valence-electron chi connectivity index (χ0n) is 14.4. The monoisotopic (exact) mass is 457 g/mol. The number of hydrogen-bond acceptors (Lipinski definition) is 3. The van der Waals surface area contributed by atoms with Gasteiger partial charge in [-0.1, -0.05) is 6.07 Å². The Kier molecular flexibility index (Phi) is 11.4. The minimum Gasteiger partial charge on any atom is -0.493 e. The molecule has 0 saturated carbocycles. The first-order valence-electron chi connectivity index (χ1n) is 7.62. The van der Waals surface area contributed by atoms with Crippen molar-refractivity contribution in [2.24, 2.45) is 4.99 Å². The molecule has 1 aromatic carbocycles. The van der Waals surface area contributed by atoms with E-state index in [-0.39, 0.29) is 41.5 Å². The molecule has 0 fully saturated rings. The predicted octanol–water partition coefficient (Wildman–Crippen LogP) is 3.42. The number of hydrogen-bond donors (Lipinski definition) is 2. The Morgan fingerprint density at radius 1 is 1.25 bits per heavy atom. The number of ether oxygens (including phenoxy) is 2. The third-order valence-corrected chi connectivity index (χ3v) is 2.88. The molecule has 0 aromatic heterocycles. The van der Waals surface area contributed by atoms with Crippen LogP contribution in [0.3, 0.4) is 0 Å². The van der Waals surface area contributed by atoms with Crippen molar-refractivity contribution in [2.45, 2.75) is 39.8 Å². The van der Waals surface area contributed by atoms with Crippen LogP contribution in [0.5, 0.6) is 11.5 Å². The van der Waals surface area contributed by atoms with Crippen molar-refractivity contribution in [1.82, 2.24) is 10.6 Å². The van der Waals surface area contributed by atoms with Crippen LogP contribution in [-0.4, -0.2) is 38.8 Å². The second-order valence-corrected chi connectivity index (χ2v) is 5.17. The zero-order valence-corrected chi connectivity index (χ0v) is 16.8. The van der Waals surface area contributed by atoms with E-state index in [0.717, 1.165) is 18.1 Å². The van der Waals surface area contributed by atoms with Crippen molar-refractivity contribution in [1.29, 1.82) is 0 Å². The lowest BCUT2D eigenvalue weighted by molar-refractivity contribution is -0.0512. The number of alkyl halides is 2. The smallest absolute Gasteiger partial charge is 0.387 e. The Morgan fingerprint density at radius 2 is 1.96 bits per heavy atom. The fourth-order valence-electron chi connectivity index (χ4n) is 1.95. The van der Waals surface area contributed by atoms with Crippen molar-refractivity contribution in [3.05, 3.63) is 23.8 Å². The summed E-state index contributed by atoms with van der Waals surface area (Å²) in [5.41, 5.74) is 0.852. The second kappa shape index (κ2) is 12.1. The summed E-state index contributed by atoms with van der Waals surface area (Å²) < 4.78 is 34.3. The first kappa shape index (κ1) is 22.7. The fourth-order valence-corrected chi connectivity index (χ4v) is 1.95. The summed E-state index contributed by atoms with van der Waals surface area (Å²) in [7, 11) is 1.41. The molecule has 0 spiro atoms. The predicted molar refractivity (Wildman–Crippen MR) is 103 cm³/mol. The van der Waals surface area contributed by atoms with Crippen LogP contribution in [0, 0.1) is 0 Å². The third-order valence-electron chi connectivity index (χ3n) is 2.88. The van der Waals surface area contributed by atoms with E-state index in [9.17, 15) is 8.78 Å². The molecule has 0 amide bonds. The van der Waals surface area contributed by atoms with E-state index in [1.165, 1.54) is 7.11 Å². The summed E-state index contributed by atoms with van der Waals surface area (Å²) in [6.07, 6.45) is 0.609. The van der Waals surface area contributed by atoms with Gasteiger partial charge >= 0.3 is 6.61 Å². The van der Waals surface area contributed by atoms with Gasteiger partial charge in [0.05, 0.1) is 7.11 Å². The Morgan fingerprint density at radius 3 is 2.50 bits per heavy atom. The molecule has 0 radical (unpaired) electrons. The first-order valence-corrected chi connectivity index (χ1v) is 7.62. The summed E-state index contributed by atoms with van der Waals surface area (Å²) in [5.74, 6) is 1.06. The maximum atomic E-state index is 12.4. The molecule has 8 heteroatoms. The van der Waals surface area contributed by atoms with E-state index in [2.05, 4.69) is 20.4 Å². The molecule has 0 bridgehead atoms. The van der Waals surface area contributed by atoms with Crippen molar-refractivity contribution in [2.75, 3.05) is 20.2 Å². The van der Waals surface area contributed by atoms with Gasteiger partial charge in [0.1, 0.15) is 0 Å². The number of halogens is 3. The van der Waals surface area contributed by atoms with Crippen LogP contribution in [0.25, 0.3) is 0 Å². The molecule has 0 heterocycles. The minimum absolute atomic E-state index is 0. The number of aliphatic imine (C=N–C) groups is 1. The van der Waals surface area contributed by atoms with Gasteiger partial charge in [0.2, 0.25) is 0 Å². The number of benzene rings is 1. The lowest BCUT2D eigenvalue weighted by Crippen LogP contribution is -2.41. The van der Waals surface area contributed by atoms with E-state index >= 15 is 0 Å². The third kappa shape index (κ3) is 8.51. The highest BCUT2D eigenvalue weighted by molar-refractivity contribution is 14.0. The Balaban J connectivity index is 0.00000529. The molecular formula is C16H26F2IN3O2. The van der Waals surface area contributed by atoms with Crippen LogP contribution < -0.4 is 20.1 Å². The van der Waals surface area contributed by atoms with Crippen LogP contribution in [0.4, 0.5) is 8.78 Å². The summed E-state index contributed by atoms with van der Waals surface area (Å²) in [4.78, 5) is 4.46. The van der Waals surface area contributed by atoms with Crippen LogP contribution in [0.1, 0.15) is 26.3 Å². The maximum absolute atomic E-state index is 12.4. The van der Waals surface area contributed by atoms with Gasteiger partial charge in [-0.15, -0.1) is 24.0 Å². The second-order valence-electron chi connectivity index (χ2n) is 5.17. The topological polar surface area (TPSA) is 54.9 Å². The van der Waals surface area contributed by atoms with Gasteiger partial charge in [0.15, 0.2) is 17.5 Å². The van der Waals surface area contributed by atoms with Crippen LogP contribution in [-0.2, 0) is 6.42 Å². The van der Waals surface area contributed by atoms with Crippen molar-refractivity contribution in [3.8, 4) is 11.5 Å². The molecule has 0 atom stereocenters. The van der Waals surface area contributed by atoms with Crippen molar-refractivity contribution in [3.63, 3.8) is 0 Å². The van der Waals surface area contributed by atoms with Crippen molar-refractivity contribution < 1.29 is 18.3 Å². The fraction of sp³-hybridized carbons (Fsp3) is 0.562. The molecule has 24 heavy (non-hydrogen) atoms. The van der Waals surface area contributed by atoms with Gasteiger partial charge in [0, 0.05) is 19.1 Å². The molecule has 2 N–H and O–H groups in total. The standard InChI is InChI=1S/C16H25F2N3O2.HI/c1-5-19-16(21-11(2)3)20-9-8-12-6-7-13(22-4)14(10-12)23-15(17)18;/h6-7,10-11,15H,5,8-9H2,1-4H3,(H2,19,20,21);1H. The molecule has 1 rings (SSSR count). The minimum atomic E-state index is -2.88. The van der Waals surface area contributed by atoms with E-state index in [1.54, 1.807) is 12.1 Å². The van der Waals surface area contributed by atoms with E-state index in [0.29, 0.717) is 13.0 Å². The summed E-state index contributed by atoms with van der Waals surface area (Å²) in [5, 5.41) is 6.37. The molecule has 1 aromatic rings. The quantitative estimate of drug-likeness (QED) is 0.357. The van der Waals surface area contributed by atoms with Crippen molar-refractivity contribution >= 4 is 29.9 Å². The largest absolute Gasteiger partial charge is 0.493 e. The highest BCUT2D eigenvalue weighted by Crippen LogP contribution is 2.29.